The van der Waals surface area contributed by atoms with Gasteiger partial charge in [-0.15, -0.1) is 11.3 Å². The number of nitrogens with zero attached hydrogens (tertiary/aromatic N) is 2. The van der Waals surface area contributed by atoms with Gasteiger partial charge in [0.15, 0.2) is 0 Å². The summed E-state index contributed by atoms with van der Waals surface area (Å²) < 4.78 is 18.2. The second kappa shape index (κ2) is 14.1. The number of benzene rings is 10. The highest BCUT2D eigenvalue weighted by Crippen LogP contribution is 2.50. The van der Waals surface area contributed by atoms with Gasteiger partial charge < -0.3 is 18.3 Å². The first-order valence-electron chi connectivity index (χ1n) is 22.0. The Morgan fingerprint density at radius 2 is 0.969 bits per heavy atom. The summed E-state index contributed by atoms with van der Waals surface area (Å²) in [5, 5.41) is 9.35. The van der Waals surface area contributed by atoms with Gasteiger partial charge in [0.2, 0.25) is 0 Å². The van der Waals surface area contributed by atoms with Crippen molar-refractivity contribution >= 4 is 114 Å². The average Bonchev–Trinajstić information content (AvgIpc) is 4.14. The number of hydrogen-bond donors (Lipinski definition) is 0. The molecule has 0 aliphatic rings. The van der Waals surface area contributed by atoms with Crippen LogP contribution in [0.4, 0.5) is 17.1 Å². The molecular formula is C60H36N2O2S. The summed E-state index contributed by atoms with van der Waals surface area (Å²) in [6.07, 6.45) is 0. The molecule has 0 radical (unpaired) electrons. The van der Waals surface area contributed by atoms with E-state index in [1.54, 1.807) is 0 Å². The van der Waals surface area contributed by atoms with Gasteiger partial charge >= 0.3 is 0 Å². The molecule has 14 rings (SSSR count). The zero-order valence-corrected chi connectivity index (χ0v) is 35.7. The fraction of sp³-hybridized carbons (Fsp3) is 0. The molecule has 65 heavy (non-hydrogen) atoms. The number of anilines is 3. The van der Waals surface area contributed by atoms with Gasteiger partial charge in [-0.3, -0.25) is 0 Å². The highest BCUT2D eigenvalue weighted by atomic mass is 32.1. The predicted octanol–water partition coefficient (Wildman–Crippen LogP) is 17.8. The fourth-order valence-electron chi connectivity index (χ4n) is 10.4. The molecule has 10 aromatic carbocycles. The molecule has 0 aliphatic heterocycles. The normalized spacial score (nSPS) is 12.0. The molecule has 0 spiro atoms. The van der Waals surface area contributed by atoms with E-state index >= 15 is 0 Å². The van der Waals surface area contributed by atoms with E-state index < -0.39 is 0 Å². The second-order valence-electron chi connectivity index (χ2n) is 16.8. The highest BCUT2D eigenvalue weighted by molar-refractivity contribution is 7.26. The first-order chi connectivity index (χ1) is 32.2. The minimum atomic E-state index is 0.852. The Morgan fingerprint density at radius 1 is 0.369 bits per heavy atom. The molecule has 4 heterocycles. The van der Waals surface area contributed by atoms with Crippen LogP contribution in [0.1, 0.15) is 0 Å². The molecule has 0 fully saturated rings. The van der Waals surface area contributed by atoms with E-state index in [1.165, 1.54) is 42.0 Å². The smallest absolute Gasteiger partial charge is 0.145 e. The lowest BCUT2D eigenvalue weighted by Crippen LogP contribution is -2.11. The van der Waals surface area contributed by atoms with Crippen LogP contribution in [0, 0.1) is 0 Å². The molecule has 0 bridgehead atoms. The lowest BCUT2D eigenvalue weighted by molar-refractivity contribution is 0.669. The van der Waals surface area contributed by atoms with Crippen LogP contribution in [0.3, 0.4) is 0 Å². The maximum absolute atomic E-state index is 7.02. The van der Waals surface area contributed by atoms with Crippen LogP contribution in [0.5, 0.6) is 0 Å². The van der Waals surface area contributed by atoms with E-state index in [1.807, 2.05) is 23.5 Å². The molecule has 0 N–H and O–H groups in total. The Balaban J connectivity index is 0.999. The van der Waals surface area contributed by atoms with Crippen molar-refractivity contribution < 1.29 is 8.83 Å². The number of hydrogen-bond acceptors (Lipinski definition) is 4. The molecule has 0 unspecified atom stereocenters. The molecule has 14 aromatic rings. The molecule has 0 aliphatic carbocycles. The summed E-state index contributed by atoms with van der Waals surface area (Å²) in [7, 11) is 0. The van der Waals surface area contributed by atoms with Crippen molar-refractivity contribution in [2.24, 2.45) is 0 Å². The van der Waals surface area contributed by atoms with Crippen molar-refractivity contribution in [2.45, 2.75) is 0 Å². The zero-order chi connectivity index (χ0) is 42.6. The van der Waals surface area contributed by atoms with Crippen molar-refractivity contribution in [3.05, 3.63) is 218 Å². The summed E-state index contributed by atoms with van der Waals surface area (Å²) in [5.41, 5.74) is 14.6. The predicted molar refractivity (Wildman–Crippen MR) is 274 cm³/mol. The van der Waals surface area contributed by atoms with Gasteiger partial charge in [0.1, 0.15) is 22.3 Å². The second-order valence-corrected chi connectivity index (χ2v) is 17.8. The Hall–Kier alpha value is -8.38. The summed E-state index contributed by atoms with van der Waals surface area (Å²) in [4.78, 5) is 2.45. The molecule has 0 atom stereocenters. The number of furan rings is 2. The lowest BCUT2D eigenvalue weighted by atomic mass is 9.97. The van der Waals surface area contributed by atoms with Crippen molar-refractivity contribution in [3.8, 4) is 27.9 Å². The third-order valence-corrected chi connectivity index (χ3v) is 14.3. The molecule has 4 aromatic heterocycles. The Morgan fingerprint density at radius 3 is 1.75 bits per heavy atom. The fourth-order valence-corrected chi connectivity index (χ4v) is 11.5. The van der Waals surface area contributed by atoms with Gasteiger partial charge in [-0.05, 0) is 102 Å². The number of aromatic nitrogens is 1. The van der Waals surface area contributed by atoms with E-state index in [0.717, 1.165) is 88.9 Å². The van der Waals surface area contributed by atoms with Gasteiger partial charge in [-0.25, -0.2) is 0 Å². The first kappa shape index (κ1) is 36.1. The SMILES string of the molecule is c1cc(-c2ccc(N(c3ccc(-c4cccc5oc6ccccc6c45)cc3)c3cccc4sc5ccccc5c34)c3c2oc2ccccc23)cc(-n2c3ccccc3c3ccccc32)c1. The third-order valence-electron chi connectivity index (χ3n) is 13.2. The minimum absolute atomic E-state index is 0.852. The van der Waals surface area contributed by atoms with Crippen molar-refractivity contribution in [2.75, 3.05) is 4.90 Å². The molecule has 5 heteroatoms. The molecule has 4 nitrogen and oxygen atoms in total. The minimum Gasteiger partial charge on any atom is -0.456 e. The van der Waals surface area contributed by atoms with Crippen molar-refractivity contribution in [1.82, 2.24) is 4.57 Å². The largest absolute Gasteiger partial charge is 0.456 e. The van der Waals surface area contributed by atoms with Crippen LogP contribution in [0.25, 0.3) is 114 Å². The van der Waals surface area contributed by atoms with E-state index in [9.17, 15) is 0 Å². The van der Waals surface area contributed by atoms with Crippen molar-refractivity contribution in [3.63, 3.8) is 0 Å². The number of rotatable bonds is 6. The van der Waals surface area contributed by atoms with Crippen LogP contribution < -0.4 is 4.90 Å². The number of para-hydroxylation sites is 4. The van der Waals surface area contributed by atoms with Crippen LogP contribution in [-0.4, -0.2) is 4.57 Å². The van der Waals surface area contributed by atoms with Crippen LogP contribution in [0.15, 0.2) is 227 Å². The zero-order valence-electron chi connectivity index (χ0n) is 34.9. The summed E-state index contributed by atoms with van der Waals surface area (Å²) in [6.45, 7) is 0. The summed E-state index contributed by atoms with van der Waals surface area (Å²) in [6, 6.07) is 78.4. The van der Waals surface area contributed by atoms with Crippen LogP contribution in [-0.2, 0) is 0 Å². The Bertz CT molecular complexity index is 4150. The van der Waals surface area contributed by atoms with Gasteiger partial charge in [-0.2, -0.15) is 0 Å². The molecule has 0 saturated carbocycles. The number of fused-ring (bicyclic) bond motifs is 12. The van der Waals surface area contributed by atoms with Crippen LogP contribution in [0.2, 0.25) is 0 Å². The molecular weight excluding hydrogens is 813 g/mol. The van der Waals surface area contributed by atoms with Gasteiger partial charge in [0, 0.05) is 64.0 Å². The van der Waals surface area contributed by atoms with E-state index in [-0.39, 0.29) is 0 Å². The summed E-state index contributed by atoms with van der Waals surface area (Å²) >= 11 is 1.84. The molecule has 0 saturated heterocycles. The first-order valence-corrected chi connectivity index (χ1v) is 22.8. The van der Waals surface area contributed by atoms with E-state index in [2.05, 4.69) is 216 Å². The van der Waals surface area contributed by atoms with Gasteiger partial charge in [0.25, 0.3) is 0 Å². The summed E-state index contributed by atoms with van der Waals surface area (Å²) in [5.74, 6) is 0. The average molecular weight is 849 g/mol. The molecule has 0 amide bonds. The third kappa shape index (κ3) is 5.43. The monoisotopic (exact) mass is 848 g/mol. The van der Waals surface area contributed by atoms with E-state index in [0.29, 0.717) is 0 Å². The topological polar surface area (TPSA) is 34.5 Å². The van der Waals surface area contributed by atoms with Crippen LogP contribution >= 0.6 is 11.3 Å². The maximum Gasteiger partial charge on any atom is 0.145 e. The van der Waals surface area contributed by atoms with Gasteiger partial charge in [-0.1, -0.05) is 133 Å². The maximum atomic E-state index is 7.02. The molecule has 304 valence electrons. The van der Waals surface area contributed by atoms with Crippen molar-refractivity contribution in [1.29, 1.82) is 0 Å². The number of thiophene rings is 1. The van der Waals surface area contributed by atoms with E-state index in [4.69, 9.17) is 8.83 Å². The Kier molecular flexibility index (Phi) is 7.82. The quantitative estimate of drug-likeness (QED) is 0.167. The van der Waals surface area contributed by atoms with Gasteiger partial charge in [0.05, 0.1) is 27.8 Å². The Labute approximate surface area is 377 Å². The lowest BCUT2D eigenvalue weighted by Gasteiger charge is -2.28. The standard InChI is InChI=1S/C60H36N2O2S/c1-6-22-48-43(16-1)44-17-2-7-23-49(44)62(48)40-15-11-14-38(36-40)42-34-35-51(59-46-19-4-9-26-53(46)64-60(42)59)61(50-24-13-29-56-58(50)47-20-5-10-28-55(47)65-56)39-32-30-37(31-33-39)41-21-12-27-54-57(41)45-18-3-8-25-52(45)63-54/h1-36H. The highest BCUT2D eigenvalue weighted by Gasteiger charge is 2.25.